The first-order chi connectivity index (χ1) is 38.1. The van der Waals surface area contributed by atoms with Crippen molar-refractivity contribution in [2.24, 2.45) is 0 Å². The predicted octanol–water partition coefficient (Wildman–Crippen LogP) is 17.6. The lowest BCUT2D eigenvalue weighted by Crippen LogP contribution is -2.03. The Labute approximate surface area is 447 Å². The summed E-state index contributed by atoms with van der Waals surface area (Å²) in [6, 6.07) is 87.7. The van der Waals surface area contributed by atoms with Gasteiger partial charge in [0.1, 0.15) is 0 Å². The maximum Gasteiger partial charge on any atom is 0.235 e. The van der Waals surface area contributed by atoms with E-state index in [1.807, 2.05) is 72.8 Å². The van der Waals surface area contributed by atoms with Crippen molar-refractivity contribution in [3.05, 3.63) is 272 Å². The molecule has 9 heteroatoms. The number of aromatic nitrogens is 8. The molecule has 0 aliphatic heterocycles. The van der Waals surface area contributed by atoms with Gasteiger partial charge in [-0.25, -0.2) is 19.9 Å². The zero-order valence-corrected chi connectivity index (χ0v) is 42.2. The second-order valence-electron chi connectivity index (χ2n) is 18.9. The third kappa shape index (κ3) is 8.12. The Morgan fingerprint density at radius 3 is 1.44 bits per heavy atom. The first-order valence-electron chi connectivity index (χ1n) is 25.6. The zero-order valence-electron chi connectivity index (χ0n) is 41.4. The molecule has 6 aromatic heterocycles. The van der Waals surface area contributed by atoms with Crippen LogP contribution in [0.15, 0.2) is 267 Å². The lowest BCUT2D eigenvalue weighted by molar-refractivity contribution is 1.01. The van der Waals surface area contributed by atoms with Gasteiger partial charge in [-0.1, -0.05) is 182 Å². The maximum atomic E-state index is 5.95. The van der Waals surface area contributed by atoms with Gasteiger partial charge >= 0.3 is 0 Å². The molecule has 0 saturated carbocycles. The minimum absolute atomic E-state index is 0.280. The van der Waals surface area contributed by atoms with Gasteiger partial charge in [-0.15, -0.1) is 0 Å². The standard InChI is InChI=1S/C34H22N4.C20H14N2.C14H9ClN2/c1-3-11-23(12-4-1)32-26-15-7-9-17-28(26)35-34(36-32)38-29-18-10-8-16-27(29)31-30(38)20-19-24-21-22-37(33(24)31)25-13-5-2-6-14-25;1-2-6-15(7-3-1)22-13-12-14-10-11-18-19(20(14)22)16-8-4-5-9-17(16)21-18;15-14-16-12-9-5-4-8-11(12)13(17-14)10-6-2-1-3-7-10/h1-22H;1-13,21H;1-9H. The van der Waals surface area contributed by atoms with Gasteiger partial charge in [0.15, 0.2) is 0 Å². The number of para-hydroxylation sites is 6. The molecule has 364 valence electrons. The summed E-state index contributed by atoms with van der Waals surface area (Å²) in [6.45, 7) is 0. The molecule has 0 spiro atoms. The molecular weight excluding hydrogens is 964 g/mol. The highest BCUT2D eigenvalue weighted by molar-refractivity contribution is 6.29. The number of aromatic amines is 1. The molecule has 0 fully saturated rings. The lowest BCUT2D eigenvalue weighted by atomic mass is 10.1. The van der Waals surface area contributed by atoms with E-state index in [-0.39, 0.29) is 5.28 Å². The lowest BCUT2D eigenvalue weighted by Gasteiger charge is -2.12. The average Bonchev–Trinajstić information content (AvgIpc) is 4.48. The van der Waals surface area contributed by atoms with E-state index >= 15 is 0 Å². The molecule has 0 radical (unpaired) electrons. The summed E-state index contributed by atoms with van der Waals surface area (Å²) in [6.07, 6.45) is 4.31. The number of halogens is 1. The number of nitrogens with zero attached hydrogens (tertiary/aromatic N) is 7. The molecule has 16 rings (SSSR count). The van der Waals surface area contributed by atoms with E-state index in [2.05, 4.69) is 223 Å². The van der Waals surface area contributed by atoms with Gasteiger partial charge in [0.2, 0.25) is 11.2 Å². The van der Waals surface area contributed by atoms with Crippen LogP contribution in [-0.4, -0.2) is 38.6 Å². The molecule has 0 bridgehead atoms. The summed E-state index contributed by atoms with van der Waals surface area (Å²) in [5.74, 6) is 0.672. The molecule has 0 amide bonds. The molecule has 0 saturated heterocycles. The summed E-state index contributed by atoms with van der Waals surface area (Å²) in [5, 5.41) is 9.76. The fraction of sp³-hybridized carbons (Fsp3) is 0. The summed E-state index contributed by atoms with van der Waals surface area (Å²) >= 11 is 5.95. The van der Waals surface area contributed by atoms with E-state index in [0.717, 1.165) is 61.0 Å². The Kier molecular flexibility index (Phi) is 11.4. The van der Waals surface area contributed by atoms with Gasteiger partial charge in [0.25, 0.3) is 0 Å². The molecular formula is C68H45ClN8. The number of fused-ring (bicyclic) bond motifs is 12. The third-order valence-electron chi connectivity index (χ3n) is 14.3. The fourth-order valence-corrected chi connectivity index (χ4v) is 11.1. The van der Waals surface area contributed by atoms with E-state index in [0.29, 0.717) is 5.95 Å². The minimum atomic E-state index is 0.280. The van der Waals surface area contributed by atoms with Gasteiger partial charge in [0, 0.05) is 89.0 Å². The Morgan fingerprint density at radius 1 is 0.338 bits per heavy atom. The van der Waals surface area contributed by atoms with E-state index in [9.17, 15) is 0 Å². The molecule has 16 aromatic rings. The van der Waals surface area contributed by atoms with Crippen molar-refractivity contribution in [2.45, 2.75) is 0 Å². The molecule has 6 heterocycles. The van der Waals surface area contributed by atoms with Crippen LogP contribution in [0.2, 0.25) is 5.28 Å². The second-order valence-corrected chi connectivity index (χ2v) is 19.2. The van der Waals surface area contributed by atoms with Crippen LogP contribution in [0, 0.1) is 0 Å². The van der Waals surface area contributed by atoms with Crippen LogP contribution < -0.4 is 0 Å². The van der Waals surface area contributed by atoms with Crippen molar-refractivity contribution in [1.82, 2.24) is 38.6 Å². The Balaban J connectivity index is 0.000000117. The Hall–Kier alpha value is -10.2. The highest BCUT2D eigenvalue weighted by Crippen LogP contribution is 2.39. The highest BCUT2D eigenvalue weighted by atomic mass is 35.5. The summed E-state index contributed by atoms with van der Waals surface area (Å²) in [7, 11) is 0. The van der Waals surface area contributed by atoms with Crippen molar-refractivity contribution in [3.8, 4) is 39.8 Å². The number of H-pyrrole nitrogens is 1. The fourth-order valence-electron chi connectivity index (χ4n) is 10.9. The number of hydrogen-bond donors (Lipinski definition) is 1. The van der Waals surface area contributed by atoms with Crippen molar-refractivity contribution in [3.63, 3.8) is 0 Å². The molecule has 8 nitrogen and oxygen atoms in total. The van der Waals surface area contributed by atoms with Crippen LogP contribution in [-0.2, 0) is 0 Å². The van der Waals surface area contributed by atoms with Gasteiger partial charge in [-0.05, 0) is 84.4 Å². The summed E-state index contributed by atoms with van der Waals surface area (Å²) < 4.78 is 6.77. The summed E-state index contributed by atoms with van der Waals surface area (Å²) in [5.41, 5.74) is 15.1. The van der Waals surface area contributed by atoms with Gasteiger partial charge < -0.3 is 14.1 Å². The predicted molar refractivity (Wildman–Crippen MR) is 319 cm³/mol. The molecule has 77 heavy (non-hydrogen) atoms. The number of rotatable bonds is 5. The van der Waals surface area contributed by atoms with E-state index in [4.69, 9.17) is 21.6 Å². The molecule has 10 aromatic carbocycles. The van der Waals surface area contributed by atoms with Crippen LogP contribution >= 0.6 is 11.6 Å². The largest absolute Gasteiger partial charge is 0.354 e. The molecule has 1 N–H and O–H groups in total. The molecule has 0 aliphatic rings. The van der Waals surface area contributed by atoms with Gasteiger partial charge in [0.05, 0.1) is 44.5 Å². The topological polar surface area (TPSA) is 82.1 Å². The number of hydrogen-bond acceptors (Lipinski definition) is 4. The smallest absolute Gasteiger partial charge is 0.235 e. The van der Waals surface area contributed by atoms with Crippen molar-refractivity contribution >= 4 is 98.8 Å². The van der Waals surface area contributed by atoms with Crippen LogP contribution in [0.4, 0.5) is 0 Å². The van der Waals surface area contributed by atoms with E-state index in [1.165, 1.54) is 60.1 Å². The molecule has 0 aliphatic carbocycles. The van der Waals surface area contributed by atoms with Crippen LogP contribution in [0.25, 0.3) is 127 Å². The maximum absolute atomic E-state index is 5.95. The first kappa shape index (κ1) is 45.5. The Bertz CT molecular complexity index is 4810. The minimum Gasteiger partial charge on any atom is -0.354 e. The normalized spacial score (nSPS) is 11.4. The number of benzene rings is 10. The first-order valence-corrected chi connectivity index (χ1v) is 26.0. The number of nitrogens with one attached hydrogen (secondary N) is 1. The Morgan fingerprint density at radius 2 is 0.818 bits per heavy atom. The van der Waals surface area contributed by atoms with E-state index in [1.54, 1.807) is 0 Å². The quantitative estimate of drug-likeness (QED) is 0.174. The van der Waals surface area contributed by atoms with Crippen LogP contribution in [0.5, 0.6) is 0 Å². The van der Waals surface area contributed by atoms with Crippen molar-refractivity contribution in [2.75, 3.05) is 0 Å². The monoisotopic (exact) mass is 1010 g/mol. The summed E-state index contributed by atoms with van der Waals surface area (Å²) in [4.78, 5) is 22.4. The third-order valence-corrected chi connectivity index (χ3v) is 14.5. The molecule has 0 unspecified atom stereocenters. The second kappa shape index (κ2) is 19.3. The SMILES string of the molecule is Clc1nc(-c2ccccc2)c2ccccc2n1.c1ccc(-c2nc(-n3c4ccccc4c4c5c(ccc43)ccn5-c3ccccc3)nc3ccccc23)cc1.c1ccc(-n2ccc3ccc4[nH]c5ccccc5c4c32)cc1. The zero-order chi connectivity index (χ0) is 51.2. The van der Waals surface area contributed by atoms with Crippen molar-refractivity contribution in [1.29, 1.82) is 0 Å². The molecule has 0 atom stereocenters. The van der Waals surface area contributed by atoms with Crippen LogP contribution in [0.1, 0.15) is 0 Å². The van der Waals surface area contributed by atoms with Gasteiger partial charge in [-0.2, -0.15) is 0 Å². The van der Waals surface area contributed by atoms with Gasteiger partial charge in [-0.3, -0.25) is 4.57 Å². The van der Waals surface area contributed by atoms with E-state index < -0.39 is 0 Å². The van der Waals surface area contributed by atoms with Crippen LogP contribution in [0.3, 0.4) is 0 Å². The van der Waals surface area contributed by atoms with Crippen molar-refractivity contribution < 1.29 is 0 Å². The highest BCUT2D eigenvalue weighted by Gasteiger charge is 2.21. The average molecular weight is 1010 g/mol.